The number of hydrogen-bond donors (Lipinski definition) is 2. The smallest absolute Gasteiger partial charge is 0.263 e. The van der Waals surface area contributed by atoms with E-state index in [2.05, 4.69) is 24.9 Å². The maximum Gasteiger partial charge on any atom is 0.263 e. The first kappa shape index (κ1) is 23.2. The minimum absolute atomic E-state index is 0.0110. The van der Waals surface area contributed by atoms with Crippen molar-refractivity contribution in [3.8, 4) is 40.0 Å². The van der Waals surface area contributed by atoms with E-state index in [-0.39, 0.29) is 27.8 Å². The number of hydrogen-bond acceptors (Lipinski definition) is 8. The summed E-state index contributed by atoms with van der Waals surface area (Å²) in [4.78, 5) is 8.23. The molecule has 0 aliphatic rings. The van der Waals surface area contributed by atoms with Gasteiger partial charge in [-0.05, 0) is 48.5 Å². The van der Waals surface area contributed by atoms with Crippen molar-refractivity contribution < 1.29 is 17.5 Å². The molecule has 0 amide bonds. The first-order valence-electron chi connectivity index (χ1n) is 10.3. The molecule has 0 saturated carbocycles. The van der Waals surface area contributed by atoms with Crippen LogP contribution in [-0.2, 0) is 10.0 Å². The molecule has 36 heavy (non-hydrogen) atoms. The Morgan fingerprint density at radius 1 is 1.03 bits per heavy atom. The summed E-state index contributed by atoms with van der Waals surface area (Å²) in [7, 11) is -3.95. The molecule has 0 atom stereocenters. The van der Waals surface area contributed by atoms with Gasteiger partial charge in [0.05, 0.1) is 34.1 Å². The molecule has 0 aliphatic heterocycles. The van der Waals surface area contributed by atoms with Crippen LogP contribution in [0.1, 0.15) is 5.56 Å². The van der Waals surface area contributed by atoms with Gasteiger partial charge < -0.3 is 4.74 Å². The van der Waals surface area contributed by atoms with Crippen LogP contribution in [0.4, 0.5) is 10.2 Å². The van der Waals surface area contributed by atoms with Crippen LogP contribution in [-0.4, -0.2) is 28.6 Å². The third-order valence-corrected chi connectivity index (χ3v) is 7.03. The van der Waals surface area contributed by atoms with Crippen LogP contribution < -0.4 is 9.46 Å². The van der Waals surface area contributed by atoms with Crippen molar-refractivity contribution >= 4 is 27.2 Å². The van der Waals surface area contributed by atoms with Gasteiger partial charge in [0.1, 0.15) is 17.6 Å². The number of aromatic nitrogens is 4. The molecule has 0 radical (unpaired) electrons. The molecule has 0 spiro atoms. The van der Waals surface area contributed by atoms with Crippen molar-refractivity contribution in [3.63, 3.8) is 0 Å². The van der Waals surface area contributed by atoms with E-state index in [1.165, 1.54) is 53.4 Å². The number of thiazole rings is 1. The van der Waals surface area contributed by atoms with Crippen LogP contribution in [0.3, 0.4) is 0 Å². The summed E-state index contributed by atoms with van der Waals surface area (Å²) < 4.78 is 47.1. The molecule has 3 aromatic heterocycles. The van der Waals surface area contributed by atoms with Gasteiger partial charge in [0.2, 0.25) is 0 Å². The lowest BCUT2D eigenvalue weighted by Gasteiger charge is -2.14. The molecule has 0 fully saturated rings. The Kier molecular flexibility index (Phi) is 6.16. The summed E-state index contributed by atoms with van der Waals surface area (Å²) in [6, 6.07) is 13.6. The zero-order chi connectivity index (χ0) is 25.1. The summed E-state index contributed by atoms with van der Waals surface area (Å²) >= 11 is 1.25. The Bertz CT molecular complexity index is 1660. The van der Waals surface area contributed by atoms with Crippen molar-refractivity contribution in [1.29, 1.82) is 5.26 Å². The van der Waals surface area contributed by atoms with E-state index in [0.717, 1.165) is 0 Å². The molecular weight excluding hydrogens is 503 g/mol. The van der Waals surface area contributed by atoms with Crippen LogP contribution >= 0.6 is 11.3 Å². The van der Waals surface area contributed by atoms with Gasteiger partial charge in [0, 0.05) is 28.3 Å². The number of sulfonamides is 1. The van der Waals surface area contributed by atoms with Gasteiger partial charge in [0.15, 0.2) is 11.6 Å². The number of nitriles is 1. The molecule has 0 saturated heterocycles. The molecular formula is C24H15FN6O3S2. The molecule has 2 N–H and O–H groups in total. The zero-order valence-electron chi connectivity index (χ0n) is 18.2. The van der Waals surface area contributed by atoms with E-state index in [4.69, 9.17) is 4.74 Å². The number of pyridine rings is 1. The Hall–Kier alpha value is -4.60. The topological polar surface area (TPSA) is 134 Å². The largest absolute Gasteiger partial charge is 0.454 e. The van der Waals surface area contributed by atoms with E-state index in [9.17, 15) is 18.1 Å². The lowest BCUT2D eigenvalue weighted by molar-refractivity contribution is 0.480. The fourth-order valence-electron chi connectivity index (χ4n) is 3.36. The SMILES string of the molecule is N#Cc1cc(S(=O)(=O)Nc2cscn2)ccc1Oc1cnc(-c2ccc(F)cc2)cc1-c1cn[nH]c1. The number of benzene rings is 2. The van der Waals surface area contributed by atoms with Crippen LogP contribution in [0.25, 0.3) is 22.4 Å². The standard InChI is InChI=1S/C24H15FN6O3S2/c25-18-3-1-15(2-4-18)21-8-20(17-10-29-30-11-17)23(12-27-21)34-22-6-5-19(7-16(22)9-26)36(32,33)31-24-13-35-14-28-24/h1-8,10-14,31H,(H,29,30). The molecule has 9 nitrogen and oxygen atoms in total. The summed E-state index contributed by atoms with van der Waals surface area (Å²) in [6.45, 7) is 0. The molecule has 3 heterocycles. The van der Waals surface area contributed by atoms with Gasteiger partial charge in [-0.15, -0.1) is 11.3 Å². The van der Waals surface area contributed by atoms with Crippen LogP contribution in [0.2, 0.25) is 0 Å². The number of halogens is 1. The van der Waals surface area contributed by atoms with Crippen molar-refractivity contribution in [3.05, 3.63) is 89.4 Å². The van der Waals surface area contributed by atoms with E-state index in [1.54, 1.807) is 36.0 Å². The number of H-pyrrole nitrogens is 1. The number of rotatable bonds is 7. The fourth-order valence-corrected chi connectivity index (χ4v) is 4.94. The molecule has 2 aromatic carbocycles. The van der Waals surface area contributed by atoms with E-state index in [0.29, 0.717) is 28.1 Å². The molecule has 0 aliphatic carbocycles. The van der Waals surface area contributed by atoms with Crippen LogP contribution in [0.15, 0.2) is 82.9 Å². The summed E-state index contributed by atoms with van der Waals surface area (Å²) in [5.74, 6) is 0.294. The maximum absolute atomic E-state index is 13.4. The minimum Gasteiger partial charge on any atom is -0.454 e. The normalized spacial score (nSPS) is 11.1. The second-order valence-electron chi connectivity index (χ2n) is 7.41. The minimum atomic E-state index is -3.95. The Labute approximate surface area is 208 Å². The Balaban J connectivity index is 1.50. The molecule has 5 rings (SSSR count). The predicted octanol–water partition coefficient (Wildman–Crippen LogP) is 5.20. The van der Waals surface area contributed by atoms with Crippen LogP contribution in [0.5, 0.6) is 11.5 Å². The average molecular weight is 519 g/mol. The fraction of sp³-hybridized carbons (Fsp3) is 0. The zero-order valence-corrected chi connectivity index (χ0v) is 19.8. The highest BCUT2D eigenvalue weighted by Crippen LogP contribution is 2.36. The highest BCUT2D eigenvalue weighted by molar-refractivity contribution is 7.92. The number of anilines is 1. The number of nitrogens with zero attached hydrogens (tertiary/aromatic N) is 4. The molecule has 5 aromatic rings. The summed E-state index contributed by atoms with van der Waals surface area (Å²) in [5, 5.41) is 18.0. The molecule has 12 heteroatoms. The Morgan fingerprint density at radius 3 is 2.56 bits per heavy atom. The second kappa shape index (κ2) is 9.57. The Morgan fingerprint density at radius 2 is 1.86 bits per heavy atom. The van der Waals surface area contributed by atoms with Gasteiger partial charge >= 0.3 is 0 Å². The highest BCUT2D eigenvalue weighted by Gasteiger charge is 2.19. The predicted molar refractivity (Wildman–Crippen MR) is 131 cm³/mol. The van der Waals surface area contributed by atoms with Crippen molar-refractivity contribution in [2.75, 3.05) is 4.72 Å². The van der Waals surface area contributed by atoms with E-state index in [1.807, 2.05) is 6.07 Å². The van der Waals surface area contributed by atoms with E-state index >= 15 is 0 Å². The summed E-state index contributed by atoms with van der Waals surface area (Å²) in [6.07, 6.45) is 4.75. The van der Waals surface area contributed by atoms with Gasteiger partial charge in [-0.25, -0.2) is 17.8 Å². The first-order chi connectivity index (χ1) is 17.4. The van der Waals surface area contributed by atoms with Crippen molar-refractivity contribution in [1.82, 2.24) is 20.2 Å². The van der Waals surface area contributed by atoms with Crippen LogP contribution in [0, 0.1) is 17.1 Å². The molecule has 0 unspecified atom stereocenters. The summed E-state index contributed by atoms with van der Waals surface area (Å²) in [5.41, 5.74) is 4.10. The molecule has 0 bridgehead atoms. The van der Waals surface area contributed by atoms with Gasteiger partial charge in [-0.3, -0.25) is 14.8 Å². The average Bonchev–Trinajstić information content (AvgIpc) is 3.59. The monoisotopic (exact) mass is 518 g/mol. The lowest BCUT2D eigenvalue weighted by Crippen LogP contribution is -2.13. The third-order valence-electron chi connectivity index (χ3n) is 5.09. The third kappa shape index (κ3) is 4.78. The second-order valence-corrected chi connectivity index (χ2v) is 9.81. The lowest BCUT2D eigenvalue weighted by atomic mass is 10.1. The van der Waals surface area contributed by atoms with Crippen molar-refractivity contribution in [2.24, 2.45) is 0 Å². The van der Waals surface area contributed by atoms with E-state index < -0.39 is 10.0 Å². The van der Waals surface area contributed by atoms with Gasteiger partial charge in [0.25, 0.3) is 10.0 Å². The van der Waals surface area contributed by atoms with Gasteiger partial charge in [-0.1, -0.05) is 0 Å². The first-order valence-corrected chi connectivity index (χ1v) is 12.7. The highest BCUT2D eigenvalue weighted by atomic mass is 32.2. The molecule has 178 valence electrons. The maximum atomic E-state index is 13.4. The van der Waals surface area contributed by atoms with Gasteiger partial charge in [-0.2, -0.15) is 10.4 Å². The number of nitrogens with one attached hydrogen (secondary N) is 2. The van der Waals surface area contributed by atoms with Crippen molar-refractivity contribution in [2.45, 2.75) is 4.90 Å². The number of ether oxygens (including phenoxy) is 1. The quantitative estimate of drug-likeness (QED) is 0.302. The number of aromatic amines is 1.